The lowest BCUT2D eigenvalue weighted by molar-refractivity contribution is -0.332. The maximum Gasteiger partial charge on any atom is 0.306 e. The highest BCUT2D eigenvalue weighted by molar-refractivity contribution is 5.70. The van der Waals surface area contributed by atoms with Gasteiger partial charge in [0.25, 0.3) is 0 Å². The number of aliphatic hydroxyl groups is 7. The molecule has 0 amide bonds. The highest BCUT2D eigenvalue weighted by atomic mass is 16.7. The molecular weight excluding hydrogens is 853 g/mol. The van der Waals surface area contributed by atoms with Crippen molar-refractivity contribution in [2.24, 2.45) is 0 Å². The Morgan fingerprint density at radius 1 is 0.500 bits per heavy atom. The van der Waals surface area contributed by atoms with E-state index in [1.807, 2.05) is 0 Å². The monoisotopic (exact) mass is 941 g/mol. The van der Waals surface area contributed by atoms with Crippen molar-refractivity contribution >= 4 is 11.9 Å². The van der Waals surface area contributed by atoms with Crippen LogP contribution >= 0.6 is 0 Å². The largest absolute Gasteiger partial charge is 0.462 e. The van der Waals surface area contributed by atoms with E-state index in [4.69, 9.17) is 28.4 Å². The van der Waals surface area contributed by atoms with Gasteiger partial charge in [-0.15, -0.1) is 0 Å². The first-order valence-corrected chi connectivity index (χ1v) is 25.2. The molecule has 2 aliphatic heterocycles. The molecule has 15 heteroatoms. The minimum absolute atomic E-state index is 0.143. The summed E-state index contributed by atoms with van der Waals surface area (Å²) in [5, 5.41) is 72.0. The zero-order valence-electron chi connectivity index (χ0n) is 40.2. The first-order chi connectivity index (χ1) is 32.0. The second-order valence-corrected chi connectivity index (χ2v) is 17.6. The fourth-order valence-corrected chi connectivity index (χ4v) is 7.64. The van der Waals surface area contributed by atoms with Crippen LogP contribution in [0.3, 0.4) is 0 Å². The first kappa shape index (κ1) is 59.6. The molecule has 382 valence electrons. The van der Waals surface area contributed by atoms with Gasteiger partial charge in [0.15, 0.2) is 18.7 Å². The van der Waals surface area contributed by atoms with Crippen LogP contribution in [0.1, 0.15) is 168 Å². The first-order valence-electron chi connectivity index (χ1n) is 25.2. The van der Waals surface area contributed by atoms with Crippen LogP contribution in [-0.2, 0) is 38.0 Å². The molecule has 0 aromatic heterocycles. The Kier molecular flexibility index (Phi) is 34.6. The van der Waals surface area contributed by atoms with Gasteiger partial charge in [-0.3, -0.25) is 9.59 Å². The average Bonchev–Trinajstić information content (AvgIpc) is 3.31. The van der Waals surface area contributed by atoms with E-state index in [1.165, 1.54) is 38.5 Å². The van der Waals surface area contributed by atoms with Gasteiger partial charge in [0.2, 0.25) is 0 Å². The Bertz CT molecular complexity index is 1340. The summed E-state index contributed by atoms with van der Waals surface area (Å²) in [5.41, 5.74) is 0. The number of allylic oxidation sites excluding steroid dienone is 8. The van der Waals surface area contributed by atoms with Gasteiger partial charge in [0.1, 0.15) is 55.4 Å². The molecule has 2 fully saturated rings. The molecule has 15 nitrogen and oxygen atoms in total. The SMILES string of the molecule is CC/C=C\C/C=C\C/C=C\CCCCCCCC(=O)OC(COC(=O)CCCCCCC/C=C/CCCCCCCC)CO[C@@H]1O[C@H](CO[C@H]2O[C@H](CO)[C@H](O)[C@H](O)[C@H]2O)[C@H](O)[C@H](O)[C@H]1O. The zero-order chi connectivity index (χ0) is 48.2. The van der Waals surface area contributed by atoms with Crippen molar-refractivity contribution in [3.05, 3.63) is 48.6 Å². The topological polar surface area (TPSA) is 231 Å². The molecule has 2 rings (SSSR count). The van der Waals surface area contributed by atoms with Crippen molar-refractivity contribution in [3.63, 3.8) is 0 Å². The molecule has 0 aromatic rings. The average molecular weight is 941 g/mol. The summed E-state index contributed by atoms with van der Waals surface area (Å²) in [6.07, 6.45) is 24.2. The molecule has 0 aromatic carbocycles. The Labute approximate surface area is 395 Å². The van der Waals surface area contributed by atoms with Crippen molar-refractivity contribution < 1.29 is 73.8 Å². The summed E-state index contributed by atoms with van der Waals surface area (Å²) in [4.78, 5) is 25.7. The molecule has 2 aliphatic rings. The number of carbonyl (C=O) groups is 2. The number of esters is 2. The normalized spacial score (nSPS) is 26.6. The fraction of sp³-hybridized carbons (Fsp3) is 0.804. The molecule has 2 saturated heterocycles. The number of aliphatic hydroxyl groups excluding tert-OH is 7. The Morgan fingerprint density at radius 2 is 0.955 bits per heavy atom. The third-order valence-electron chi connectivity index (χ3n) is 11.8. The minimum atomic E-state index is -1.77. The van der Waals surface area contributed by atoms with Gasteiger partial charge >= 0.3 is 11.9 Å². The number of ether oxygens (including phenoxy) is 6. The Morgan fingerprint density at radius 3 is 1.52 bits per heavy atom. The lowest BCUT2D eigenvalue weighted by Crippen LogP contribution is -2.61. The van der Waals surface area contributed by atoms with Crippen molar-refractivity contribution in [3.8, 4) is 0 Å². The molecule has 66 heavy (non-hydrogen) atoms. The van der Waals surface area contributed by atoms with E-state index in [1.54, 1.807) is 0 Å². The lowest BCUT2D eigenvalue weighted by atomic mass is 9.98. The molecule has 11 atom stereocenters. The van der Waals surface area contributed by atoms with E-state index < -0.39 is 99.3 Å². The maximum atomic E-state index is 13.0. The Balaban J connectivity index is 1.83. The van der Waals surface area contributed by atoms with Gasteiger partial charge in [-0.2, -0.15) is 0 Å². The third-order valence-corrected chi connectivity index (χ3v) is 11.8. The van der Waals surface area contributed by atoms with E-state index in [0.717, 1.165) is 89.9 Å². The number of unbranched alkanes of at least 4 members (excludes halogenated alkanes) is 16. The van der Waals surface area contributed by atoms with Crippen LogP contribution in [0.15, 0.2) is 48.6 Å². The van der Waals surface area contributed by atoms with E-state index in [0.29, 0.717) is 12.8 Å². The molecule has 0 spiro atoms. The summed E-state index contributed by atoms with van der Waals surface area (Å²) in [7, 11) is 0. The van der Waals surface area contributed by atoms with Crippen LogP contribution in [-0.4, -0.2) is 142 Å². The number of carbonyl (C=O) groups excluding carboxylic acids is 2. The maximum absolute atomic E-state index is 13.0. The van der Waals surface area contributed by atoms with E-state index in [2.05, 4.69) is 62.5 Å². The summed E-state index contributed by atoms with van der Waals surface area (Å²) in [5.74, 6) is -0.956. The molecule has 0 aliphatic carbocycles. The highest BCUT2D eigenvalue weighted by Crippen LogP contribution is 2.26. The highest BCUT2D eigenvalue weighted by Gasteiger charge is 2.47. The van der Waals surface area contributed by atoms with E-state index in [9.17, 15) is 45.3 Å². The molecule has 1 unspecified atom stereocenters. The predicted molar refractivity (Wildman–Crippen MR) is 252 cm³/mol. The molecule has 2 heterocycles. The van der Waals surface area contributed by atoms with Gasteiger partial charge < -0.3 is 64.2 Å². The van der Waals surface area contributed by atoms with Crippen LogP contribution < -0.4 is 0 Å². The van der Waals surface area contributed by atoms with Crippen LogP contribution in [0, 0.1) is 0 Å². The zero-order valence-corrected chi connectivity index (χ0v) is 40.2. The lowest BCUT2D eigenvalue weighted by Gasteiger charge is -2.42. The van der Waals surface area contributed by atoms with Crippen LogP contribution in [0.4, 0.5) is 0 Å². The van der Waals surface area contributed by atoms with Crippen molar-refractivity contribution in [1.29, 1.82) is 0 Å². The van der Waals surface area contributed by atoms with Crippen molar-refractivity contribution in [1.82, 2.24) is 0 Å². The quantitative estimate of drug-likeness (QED) is 0.0194. The van der Waals surface area contributed by atoms with E-state index in [-0.39, 0.29) is 19.4 Å². The predicted octanol–water partition coefficient (Wildman–Crippen LogP) is 6.71. The smallest absolute Gasteiger partial charge is 0.306 e. The Hall–Kier alpha value is -2.54. The van der Waals surface area contributed by atoms with Crippen molar-refractivity contribution in [2.75, 3.05) is 26.4 Å². The summed E-state index contributed by atoms with van der Waals surface area (Å²) in [6.45, 7) is 2.44. The second-order valence-electron chi connectivity index (χ2n) is 17.6. The summed E-state index contributed by atoms with van der Waals surface area (Å²) < 4.78 is 33.5. The second kappa shape index (κ2) is 38.3. The number of hydrogen-bond donors (Lipinski definition) is 7. The molecule has 0 saturated carbocycles. The van der Waals surface area contributed by atoms with Crippen LogP contribution in [0.25, 0.3) is 0 Å². The fourth-order valence-electron chi connectivity index (χ4n) is 7.64. The van der Waals surface area contributed by atoms with E-state index >= 15 is 0 Å². The molecular formula is C51H88O15. The van der Waals surface area contributed by atoms with Gasteiger partial charge in [-0.25, -0.2) is 0 Å². The van der Waals surface area contributed by atoms with Crippen LogP contribution in [0.2, 0.25) is 0 Å². The van der Waals surface area contributed by atoms with Gasteiger partial charge in [0, 0.05) is 12.8 Å². The molecule has 0 bridgehead atoms. The van der Waals surface area contributed by atoms with Gasteiger partial charge in [0.05, 0.1) is 19.8 Å². The minimum Gasteiger partial charge on any atom is -0.462 e. The molecule has 0 radical (unpaired) electrons. The standard InChI is InChI=1S/C51H88O15/c1-3-5-7-9-11-13-15-17-19-21-23-25-27-29-31-33-42(53)61-36-39(64-43(54)34-32-30-28-26-24-22-20-18-16-14-12-10-8-6-4-2)37-62-50-49(60)47(58)45(56)41(66-50)38-63-51-48(59)46(57)44(55)40(35-52)65-51/h6,8,12,14,17-20,39-41,44-52,55-60H,3-5,7,9-11,13,15-16,21-38H2,1-2H3/b8-6-,14-12-,19-17+,20-18-/t39?,40-,41-,44+,45+,46+,47+,48-,49-,50-,51+/m1/s1. The van der Waals surface area contributed by atoms with Gasteiger partial charge in [-0.05, 0) is 70.6 Å². The number of rotatable bonds is 38. The van der Waals surface area contributed by atoms with Crippen LogP contribution in [0.5, 0.6) is 0 Å². The third kappa shape index (κ3) is 26.3. The summed E-state index contributed by atoms with van der Waals surface area (Å²) in [6, 6.07) is 0. The molecule has 7 N–H and O–H groups in total. The summed E-state index contributed by atoms with van der Waals surface area (Å²) >= 11 is 0. The number of hydrogen-bond acceptors (Lipinski definition) is 15. The van der Waals surface area contributed by atoms with Crippen molar-refractivity contribution in [2.45, 2.75) is 235 Å². The van der Waals surface area contributed by atoms with Gasteiger partial charge in [-0.1, -0.05) is 133 Å².